The van der Waals surface area contributed by atoms with E-state index in [2.05, 4.69) is 5.10 Å². The van der Waals surface area contributed by atoms with Gasteiger partial charge in [0.25, 0.3) is 5.56 Å². The van der Waals surface area contributed by atoms with Crippen LogP contribution in [0.25, 0.3) is 44.2 Å². The average molecular weight is 566 g/mol. The van der Waals surface area contributed by atoms with Crippen molar-refractivity contribution in [3.05, 3.63) is 142 Å². The van der Waals surface area contributed by atoms with Gasteiger partial charge >= 0.3 is 5.97 Å². The number of carboxylic acid groups (broad SMARTS) is 1. The smallest absolute Gasteiger partial charge is 0.335 e. The molecule has 1 N–H and O–H groups in total. The first kappa shape index (κ1) is 25.9. The number of carboxylic acids is 1. The Kier molecular flexibility index (Phi) is 6.48. The van der Waals surface area contributed by atoms with E-state index < -0.39 is 5.97 Å². The maximum absolute atomic E-state index is 13.8. The topological polar surface area (TPSA) is 107 Å². The van der Waals surface area contributed by atoms with Crippen LogP contribution in [-0.4, -0.2) is 27.0 Å². The number of ether oxygens (including phenoxy) is 1. The standard InChI is InChI=1S/C35H23N3O5/c39-34-27-13-4-5-14-29(27)37-33(32-19-24-10-2-6-15-30(24)43-32)38(34)36-20-28-26-12-3-1-9-23(26)16-17-31(28)42-21-22-8-7-11-25(18-22)35(40)41/h1-20H,21H2,(H,40,41). The highest BCUT2D eigenvalue weighted by Crippen LogP contribution is 2.29. The Balaban J connectivity index is 1.36. The summed E-state index contributed by atoms with van der Waals surface area (Å²) < 4.78 is 13.6. The molecule has 43 heavy (non-hydrogen) atoms. The van der Waals surface area contributed by atoms with Gasteiger partial charge in [-0.15, -0.1) is 0 Å². The maximum atomic E-state index is 13.8. The normalized spacial score (nSPS) is 11.5. The molecule has 2 aromatic heterocycles. The highest BCUT2D eigenvalue weighted by atomic mass is 16.5. The number of aromatic nitrogens is 2. The molecule has 0 saturated heterocycles. The number of hydrogen-bond donors (Lipinski definition) is 1. The lowest BCUT2D eigenvalue weighted by molar-refractivity contribution is 0.0696. The summed E-state index contributed by atoms with van der Waals surface area (Å²) in [6, 6.07) is 34.7. The summed E-state index contributed by atoms with van der Waals surface area (Å²) >= 11 is 0. The number of nitrogens with zero attached hydrogens (tertiary/aromatic N) is 3. The zero-order valence-corrected chi connectivity index (χ0v) is 22.7. The molecule has 0 unspecified atom stereocenters. The molecule has 8 heteroatoms. The van der Waals surface area contributed by atoms with Crippen molar-refractivity contribution in [1.82, 2.24) is 9.66 Å². The SMILES string of the molecule is O=C(O)c1cccc(COc2ccc3ccccc3c2C=Nn2c(-c3cc4ccccc4o3)nc3ccccc3c2=O)c1. The van der Waals surface area contributed by atoms with Crippen LogP contribution in [0.2, 0.25) is 0 Å². The fraction of sp³-hybridized carbons (Fsp3) is 0.0286. The largest absolute Gasteiger partial charge is 0.488 e. The van der Waals surface area contributed by atoms with Crippen LogP contribution in [0.5, 0.6) is 5.75 Å². The third-order valence-electron chi connectivity index (χ3n) is 7.20. The highest BCUT2D eigenvalue weighted by Gasteiger charge is 2.17. The van der Waals surface area contributed by atoms with Crippen LogP contribution in [0.1, 0.15) is 21.5 Å². The highest BCUT2D eigenvalue weighted by molar-refractivity contribution is 6.02. The van der Waals surface area contributed by atoms with Crippen molar-refractivity contribution in [3.63, 3.8) is 0 Å². The Morgan fingerprint density at radius 2 is 1.63 bits per heavy atom. The second-order valence-corrected chi connectivity index (χ2v) is 9.96. The number of furan rings is 1. The first-order valence-corrected chi connectivity index (χ1v) is 13.6. The second-order valence-electron chi connectivity index (χ2n) is 9.96. The Bertz CT molecular complexity index is 2230. The van der Waals surface area contributed by atoms with Gasteiger partial charge in [-0.05, 0) is 58.8 Å². The summed E-state index contributed by atoms with van der Waals surface area (Å²) in [5.41, 5.74) is 2.41. The van der Waals surface area contributed by atoms with E-state index in [0.29, 0.717) is 39.1 Å². The van der Waals surface area contributed by atoms with Crippen molar-refractivity contribution < 1.29 is 19.1 Å². The molecule has 0 saturated carbocycles. The second kappa shape index (κ2) is 10.8. The summed E-state index contributed by atoms with van der Waals surface area (Å²) in [5.74, 6) is 0.198. The minimum absolute atomic E-state index is 0.141. The van der Waals surface area contributed by atoms with Gasteiger partial charge < -0.3 is 14.3 Å². The predicted octanol–water partition coefficient (Wildman–Crippen LogP) is 7.12. The number of fused-ring (bicyclic) bond motifs is 3. The van der Waals surface area contributed by atoms with Crippen molar-refractivity contribution in [2.24, 2.45) is 5.10 Å². The van der Waals surface area contributed by atoms with Crippen LogP contribution in [-0.2, 0) is 6.61 Å². The molecule has 0 spiro atoms. The molecule has 0 aliphatic heterocycles. The molecule has 8 nitrogen and oxygen atoms in total. The summed E-state index contributed by atoms with van der Waals surface area (Å²) in [5, 5.41) is 17.2. The molecule has 7 rings (SSSR count). The van der Waals surface area contributed by atoms with Gasteiger partial charge in [0.2, 0.25) is 5.82 Å². The number of rotatable bonds is 7. The number of hydrogen-bond acceptors (Lipinski definition) is 6. The minimum atomic E-state index is -1.00. The first-order chi connectivity index (χ1) is 21.0. The third kappa shape index (κ3) is 4.91. The molecular formula is C35H23N3O5. The molecule has 2 heterocycles. The van der Waals surface area contributed by atoms with Gasteiger partial charge in [0.05, 0.1) is 22.7 Å². The molecule has 7 aromatic rings. The minimum Gasteiger partial charge on any atom is -0.488 e. The van der Waals surface area contributed by atoms with Crippen molar-refractivity contribution >= 4 is 44.8 Å². The lowest BCUT2D eigenvalue weighted by Crippen LogP contribution is -2.20. The fourth-order valence-electron chi connectivity index (χ4n) is 5.09. The molecular weight excluding hydrogens is 542 g/mol. The molecule has 0 aliphatic rings. The Morgan fingerprint density at radius 3 is 2.47 bits per heavy atom. The lowest BCUT2D eigenvalue weighted by atomic mass is 10.0. The molecule has 208 valence electrons. The van der Waals surface area contributed by atoms with Crippen molar-refractivity contribution in [2.75, 3.05) is 0 Å². The Hall–Kier alpha value is -6.02. The molecule has 0 atom stereocenters. The molecule has 0 radical (unpaired) electrons. The van der Waals surface area contributed by atoms with Crippen LogP contribution in [0, 0.1) is 0 Å². The van der Waals surface area contributed by atoms with Crippen LogP contribution in [0.15, 0.2) is 130 Å². The molecule has 0 bridgehead atoms. The number of aromatic carboxylic acids is 1. The van der Waals surface area contributed by atoms with Gasteiger partial charge in [-0.25, -0.2) is 9.78 Å². The average Bonchev–Trinajstić information content (AvgIpc) is 3.48. The van der Waals surface area contributed by atoms with Gasteiger partial charge in [0.15, 0.2) is 5.76 Å². The molecule has 5 aromatic carbocycles. The third-order valence-corrected chi connectivity index (χ3v) is 7.20. The summed E-state index contributed by atoms with van der Waals surface area (Å²) in [4.78, 5) is 30.0. The van der Waals surface area contributed by atoms with E-state index in [1.165, 1.54) is 10.7 Å². The first-order valence-electron chi connectivity index (χ1n) is 13.6. The molecule has 0 amide bonds. The van der Waals surface area contributed by atoms with Crippen molar-refractivity contribution in [1.29, 1.82) is 0 Å². The van der Waals surface area contributed by atoms with Gasteiger partial charge in [0.1, 0.15) is 17.9 Å². The summed E-state index contributed by atoms with van der Waals surface area (Å²) in [7, 11) is 0. The van der Waals surface area contributed by atoms with Crippen molar-refractivity contribution in [3.8, 4) is 17.3 Å². The summed E-state index contributed by atoms with van der Waals surface area (Å²) in [6.07, 6.45) is 1.59. The number of para-hydroxylation sites is 2. The maximum Gasteiger partial charge on any atom is 0.335 e. The van der Waals surface area contributed by atoms with E-state index in [1.54, 1.807) is 42.6 Å². The van der Waals surface area contributed by atoms with Gasteiger partial charge in [-0.1, -0.05) is 72.8 Å². The summed E-state index contributed by atoms with van der Waals surface area (Å²) in [6.45, 7) is 0.141. The Morgan fingerprint density at radius 1 is 0.860 bits per heavy atom. The van der Waals surface area contributed by atoms with Crippen LogP contribution >= 0.6 is 0 Å². The van der Waals surface area contributed by atoms with Crippen LogP contribution in [0.4, 0.5) is 0 Å². The van der Waals surface area contributed by atoms with E-state index in [1.807, 2.05) is 72.8 Å². The van der Waals surface area contributed by atoms with E-state index in [-0.39, 0.29) is 23.6 Å². The quantitative estimate of drug-likeness (QED) is 0.206. The van der Waals surface area contributed by atoms with Crippen molar-refractivity contribution in [2.45, 2.75) is 6.61 Å². The number of carbonyl (C=O) groups is 1. The fourth-order valence-corrected chi connectivity index (χ4v) is 5.09. The van der Waals surface area contributed by atoms with E-state index in [9.17, 15) is 14.7 Å². The zero-order valence-electron chi connectivity index (χ0n) is 22.7. The van der Waals surface area contributed by atoms with E-state index in [0.717, 1.165) is 16.2 Å². The Labute approximate surface area is 244 Å². The lowest BCUT2D eigenvalue weighted by Gasteiger charge is -2.13. The van der Waals surface area contributed by atoms with E-state index in [4.69, 9.17) is 14.1 Å². The van der Waals surface area contributed by atoms with Gasteiger partial charge in [0, 0.05) is 10.9 Å². The van der Waals surface area contributed by atoms with Gasteiger partial charge in [-0.3, -0.25) is 4.79 Å². The van der Waals surface area contributed by atoms with Crippen LogP contribution < -0.4 is 10.3 Å². The zero-order chi connectivity index (χ0) is 29.3. The van der Waals surface area contributed by atoms with Gasteiger partial charge in [-0.2, -0.15) is 9.78 Å². The predicted molar refractivity (Wildman–Crippen MR) is 166 cm³/mol. The molecule has 0 fully saturated rings. The number of benzene rings is 5. The monoisotopic (exact) mass is 565 g/mol. The molecule has 0 aliphatic carbocycles. The van der Waals surface area contributed by atoms with Crippen LogP contribution in [0.3, 0.4) is 0 Å². The van der Waals surface area contributed by atoms with E-state index >= 15 is 0 Å².